The molecule has 0 aliphatic carbocycles. The molecule has 0 spiro atoms. The molecular weight excluding hydrogens is 222 g/mol. The quantitative estimate of drug-likeness (QED) is 0.808. The molecule has 0 saturated heterocycles. The predicted octanol–water partition coefficient (Wildman–Crippen LogP) is 3.47. The Bertz CT molecular complexity index is 586. The van der Waals surface area contributed by atoms with Gasteiger partial charge in [0, 0.05) is 18.0 Å². The van der Waals surface area contributed by atoms with Crippen molar-refractivity contribution in [3.8, 4) is 0 Å². The molecule has 1 amide bonds. The Hall–Kier alpha value is -2.09. The van der Waals surface area contributed by atoms with Gasteiger partial charge in [-0.25, -0.2) is 0 Å². The van der Waals surface area contributed by atoms with E-state index in [1.807, 2.05) is 18.2 Å². The molecule has 1 heterocycles. The van der Waals surface area contributed by atoms with Crippen LogP contribution in [0.15, 0.2) is 48.5 Å². The van der Waals surface area contributed by atoms with Crippen molar-refractivity contribution < 1.29 is 4.79 Å². The zero-order chi connectivity index (χ0) is 12.5. The van der Waals surface area contributed by atoms with Crippen LogP contribution in [0.3, 0.4) is 0 Å². The van der Waals surface area contributed by atoms with Crippen LogP contribution in [0.5, 0.6) is 0 Å². The first-order chi connectivity index (χ1) is 8.74. The predicted molar refractivity (Wildman–Crippen MR) is 72.7 cm³/mol. The Kier molecular flexibility index (Phi) is 2.63. The first-order valence-corrected chi connectivity index (χ1v) is 6.19. The third-order valence-electron chi connectivity index (χ3n) is 3.48. The standard InChI is InChI=1S/C16H15NO/c1-11-6-8-12(9-7-11)14-10-16(18)17-15-5-3-2-4-13(14)15/h2-9,14H,10H2,1H3,(H,17,18). The van der Waals surface area contributed by atoms with Crippen LogP contribution >= 0.6 is 0 Å². The van der Waals surface area contributed by atoms with E-state index in [-0.39, 0.29) is 11.8 Å². The number of fused-ring (bicyclic) bond motifs is 1. The van der Waals surface area contributed by atoms with Gasteiger partial charge in [-0.1, -0.05) is 48.0 Å². The monoisotopic (exact) mass is 237 g/mol. The molecule has 1 aliphatic heterocycles. The van der Waals surface area contributed by atoms with Crippen LogP contribution in [0.1, 0.15) is 29.0 Å². The van der Waals surface area contributed by atoms with E-state index < -0.39 is 0 Å². The van der Waals surface area contributed by atoms with Gasteiger partial charge in [0.1, 0.15) is 0 Å². The number of carbonyl (C=O) groups is 1. The first kappa shape index (κ1) is 11.0. The summed E-state index contributed by atoms with van der Waals surface area (Å²) in [5, 5.41) is 2.93. The van der Waals surface area contributed by atoms with Crippen molar-refractivity contribution in [3.63, 3.8) is 0 Å². The highest BCUT2D eigenvalue weighted by Crippen LogP contribution is 2.36. The second-order valence-electron chi connectivity index (χ2n) is 4.80. The zero-order valence-corrected chi connectivity index (χ0v) is 10.3. The maximum absolute atomic E-state index is 11.8. The van der Waals surface area contributed by atoms with E-state index in [0.29, 0.717) is 6.42 Å². The van der Waals surface area contributed by atoms with Gasteiger partial charge in [0.2, 0.25) is 5.91 Å². The van der Waals surface area contributed by atoms with Crippen LogP contribution in [0.25, 0.3) is 0 Å². The molecule has 0 aromatic heterocycles. The number of hydrogen-bond donors (Lipinski definition) is 1. The molecule has 0 radical (unpaired) electrons. The molecule has 0 fully saturated rings. The van der Waals surface area contributed by atoms with Crippen molar-refractivity contribution in [1.29, 1.82) is 0 Å². The summed E-state index contributed by atoms with van der Waals surface area (Å²) in [5.74, 6) is 0.273. The summed E-state index contributed by atoms with van der Waals surface area (Å²) >= 11 is 0. The van der Waals surface area contributed by atoms with Crippen molar-refractivity contribution in [2.45, 2.75) is 19.3 Å². The molecule has 0 saturated carbocycles. The summed E-state index contributed by atoms with van der Waals surface area (Å²) in [6.07, 6.45) is 0.528. The second kappa shape index (κ2) is 4.30. The second-order valence-corrected chi connectivity index (χ2v) is 4.80. The van der Waals surface area contributed by atoms with Gasteiger partial charge < -0.3 is 5.32 Å². The molecule has 2 nitrogen and oxygen atoms in total. The number of aryl methyl sites for hydroxylation is 1. The Balaban J connectivity index is 2.07. The largest absolute Gasteiger partial charge is 0.326 e. The molecule has 1 N–H and O–H groups in total. The van der Waals surface area contributed by atoms with E-state index in [1.165, 1.54) is 16.7 Å². The van der Waals surface area contributed by atoms with Crippen LogP contribution in [-0.4, -0.2) is 5.91 Å². The molecule has 18 heavy (non-hydrogen) atoms. The molecule has 1 unspecified atom stereocenters. The third-order valence-corrected chi connectivity index (χ3v) is 3.48. The SMILES string of the molecule is Cc1ccc(C2CC(=O)Nc3ccccc32)cc1. The van der Waals surface area contributed by atoms with Crippen LogP contribution in [0.4, 0.5) is 5.69 Å². The molecule has 3 rings (SSSR count). The van der Waals surface area contributed by atoms with Gasteiger partial charge in [-0.3, -0.25) is 4.79 Å². The van der Waals surface area contributed by atoms with Gasteiger partial charge in [0.05, 0.1) is 0 Å². The smallest absolute Gasteiger partial charge is 0.225 e. The lowest BCUT2D eigenvalue weighted by Crippen LogP contribution is -2.23. The molecular formula is C16H15NO. The Morgan fingerprint density at radius 3 is 2.56 bits per heavy atom. The van der Waals surface area contributed by atoms with E-state index in [0.717, 1.165) is 5.69 Å². The van der Waals surface area contributed by atoms with Crippen LogP contribution < -0.4 is 5.32 Å². The number of anilines is 1. The van der Waals surface area contributed by atoms with Crippen molar-refractivity contribution in [2.75, 3.05) is 5.32 Å². The summed E-state index contributed by atoms with van der Waals surface area (Å²) in [6, 6.07) is 16.5. The minimum absolute atomic E-state index is 0.0966. The fraction of sp³-hybridized carbons (Fsp3) is 0.188. The Morgan fingerprint density at radius 2 is 1.78 bits per heavy atom. The van der Waals surface area contributed by atoms with Gasteiger partial charge in [0.15, 0.2) is 0 Å². The van der Waals surface area contributed by atoms with Crippen molar-refractivity contribution in [3.05, 3.63) is 65.2 Å². The van der Waals surface area contributed by atoms with Crippen LogP contribution in [-0.2, 0) is 4.79 Å². The molecule has 1 aliphatic rings. The van der Waals surface area contributed by atoms with E-state index >= 15 is 0 Å². The number of hydrogen-bond acceptors (Lipinski definition) is 1. The van der Waals surface area contributed by atoms with Crippen molar-refractivity contribution in [2.24, 2.45) is 0 Å². The Morgan fingerprint density at radius 1 is 1.06 bits per heavy atom. The summed E-state index contributed by atoms with van der Waals surface area (Å²) in [4.78, 5) is 11.8. The summed E-state index contributed by atoms with van der Waals surface area (Å²) in [5.41, 5.74) is 4.61. The van der Waals surface area contributed by atoms with Gasteiger partial charge in [-0.15, -0.1) is 0 Å². The van der Waals surface area contributed by atoms with Gasteiger partial charge >= 0.3 is 0 Å². The van der Waals surface area contributed by atoms with Gasteiger partial charge in [-0.05, 0) is 24.1 Å². The zero-order valence-electron chi connectivity index (χ0n) is 10.3. The lowest BCUT2D eigenvalue weighted by molar-refractivity contribution is -0.116. The third kappa shape index (κ3) is 1.90. The summed E-state index contributed by atoms with van der Waals surface area (Å²) < 4.78 is 0. The molecule has 2 heteroatoms. The average molecular weight is 237 g/mol. The fourth-order valence-electron chi connectivity index (χ4n) is 2.51. The lowest BCUT2D eigenvalue weighted by atomic mass is 9.84. The minimum Gasteiger partial charge on any atom is -0.326 e. The van der Waals surface area contributed by atoms with Gasteiger partial charge in [0.25, 0.3) is 0 Å². The average Bonchev–Trinajstić information content (AvgIpc) is 2.38. The van der Waals surface area contributed by atoms with Gasteiger partial charge in [-0.2, -0.15) is 0 Å². The maximum atomic E-state index is 11.8. The number of rotatable bonds is 1. The highest BCUT2D eigenvalue weighted by atomic mass is 16.1. The molecule has 0 bridgehead atoms. The van der Waals surface area contributed by atoms with E-state index in [9.17, 15) is 4.79 Å². The van der Waals surface area contributed by atoms with Crippen LogP contribution in [0, 0.1) is 6.92 Å². The maximum Gasteiger partial charge on any atom is 0.225 e. The van der Waals surface area contributed by atoms with Crippen molar-refractivity contribution >= 4 is 11.6 Å². The molecule has 1 atom stereocenters. The topological polar surface area (TPSA) is 29.1 Å². The number of nitrogens with one attached hydrogen (secondary N) is 1. The number of carbonyl (C=O) groups excluding carboxylic acids is 1. The molecule has 2 aromatic carbocycles. The fourth-order valence-corrected chi connectivity index (χ4v) is 2.51. The highest BCUT2D eigenvalue weighted by Gasteiger charge is 2.25. The van der Waals surface area contributed by atoms with Crippen molar-refractivity contribution in [1.82, 2.24) is 0 Å². The lowest BCUT2D eigenvalue weighted by Gasteiger charge is -2.26. The normalized spacial score (nSPS) is 18.1. The molecule has 2 aromatic rings. The number of benzene rings is 2. The first-order valence-electron chi connectivity index (χ1n) is 6.19. The summed E-state index contributed by atoms with van der Waals surface area (Å²) in [6.45, 7) is 2.07. The highest BCUT2D eigenvalue weighted by molar-refractivity contribution is 5.95. The number of amides is 1. The minimum atomic E-state index is 0.0966. The number of para-hydroxylation sites is 1. The van der Waals surface area contributed by atoms with E-state index in [4.69, 9.17) is 0 Å². The molecule has 90 valence electrons. The van der Waals surface area contributed by atoms with E-state index in [2.05, 4.69) is 42.6 Å². The summed E-state index contributed by atoms with van der Waals surface area (Å²) in [7, 11) is 0. The van der Waals surface area contributed by atoms with Crippen LogP contribution in [0.2, 0.25) is 0 Å². The van der Waals surface area contributed by atoms with E-state index in [1.54, 1.807) is 0 Å². The Labute approximate surface area is 107 Å².